The lowest BCUT2D eigenvalue weighted by atomic mass is 9.83. The monoisotopic (exact) mass is 625 g/mol. The number of nitrogens with zero attached hydrogens (tertiary/aromatic N) is 1. The normalized spacial score (nSPS) is 12.7. The molecule has 0 saturated carbocycles. The zero-order valence-corrected chi connectivity index (χ0v) is 26.9. The summed E-state index contributed by atoms with van der Waals surface area (Å²) in [4.78, 5) is 5.27. The topological polar surface area (TPSA) is 26.0 Å². The van der Waals surface area contributed by atoms with Crippen molar-refractivity contribution in [3.63, 3.8) is 0 Å². The third-order valence-corrected chi connectivity index (χ3v) is 10.1. The molecule has 2 nitrogen and oxygen atoms in total. The van der Waals surface area contributed by atoms with Crippen LogP contribution in [0.4, 0.5) is 0 Å². The number of furan rings is 1. The highest BCUT2D eigenvalue weighted by molar-refractivity contribution is 6.19. The molecule has 0 bridgehead atoms. The molecule has 2 heteroatoms. The summed E-state index contributed by atoms with van der Waals surface area (Å²) >= 11 is 0. The number of aromatic nitrogens is 1. The van der Waals surface area contributed by atoms with Crippen molar-refractivity contribution in [2.45, 2.75) is 12.8 Å². The fourth-order valence-electron chi connectivity index (χ4n) is 7.80. The molecule has 230 valence electrons. The highest BCUT2D eigenvalue weighted by atomic mass is 16.3. The number of pyridine rings is 1. The van der Waals surface area contributed by atoms with Crippen molar-refractivity contribution in [1.29, 1.82) is 0 Å². The Morgan fingerprint density at radius 2 is 1.14 bits per heavy atom. The molecular weight excluding hydrogens is 595 g/mol. The first kappa shape index (κ1) is 27.8. The van der Waals surface area contributed by atoms with Crippen LogP contribution in [-0.2, 0) is 6.42 Å². The van der Waals surface area contributed by atoms with Gasteiger partial charge in [-0.15, -0.1) is 0 Å². The quantitative estimate of drug-likeness (QED) is 0.182. The Morgan fingerprint density at radius 1 is 0.449 bits per heavy atom. The van der Waals surface area contributed by atoms with Gasteiger partial charge in [-0.1, -0.05) is 127 Å². The van der Waals surface area contributed by atoms with E-state index in [-0.39, 0.29) is 0 Å². The summed E-state index contributed by atoms with van der Waals surface area (Å²) in [6.07, 6.45) is 6.73. The number of allylic oxidation sites excluding steroid dienone is 1. The lowest BCUT2D eigenvalue weighted by Crippen LogP contribution is -1.99. The molecule has 1 aliphatic carbocycles. The number of para-hydroxylation sites is 1. The van der Waals surface area contributed by atoms with Crippen molar-refractivity contribution in [1.82, 2.24) is 4.98 Å². The molecule has 2 heterocycles. The Kier molecular flexibility index (Phi) is 6.35. The summed E-state index contributed by atoms with van der Waals surface area (Å²) < 4.78 is 6.19. The van der Waals surface area contributed by atoms with Gasteiger partial charge >= 0.3 is 0 Å². The summed E-state index contributed by atoms with van der Waals surface area (Å²) in [6.45, 7) is 0. The molecule has 2 aromatic heterocycles. The fourth-order valence-corrected chi connectivity index (χ4v) is 7.80. The summed E-state index contributed by atoms with van der Waals surface area (Å²) in [5, 5.41) is 7.48. The van der Waals surface area contributed by atoms with E-state index >= 15 is 0 Å². The van der Waals surface area contributed by atoms with Gasteiger partial charge in [0.1, 0.15) is 11.2 Å². The summed E-state index contributed by atoms with van der Waals surface area (Å²) in [6, 6.07) is 54.3. The lowest BCUT2D eigenvalue weighted by molar-refractivity contribution is 0.669. The molecule has 0 amide bonds. The van der Waals surface area contributed by atoms with Gasteiger partial charge in [0, 0.05) is 21.9 Å². The van der Waals surface area contributed by atoms with Gasteiger partial charge in [-0.05, 0) is 104 Å². The SMILES string of the molecule is C1=Cc2c(c3cccc(-c4ccc5oc6ccccc6c5c4)c3c3ccc(-c4cc(-c5ccccc5)cc(-c5ccccc5)n4)cc23)CC1. The van der Waals surface area contributed by atoms with E-state index in [2.05, 4.69) is 152 Å². The van der Waals surface area contributed by atoms with Crippen LogP contribution in [0.1, 0.15) is 17.5 Å². The van der Waals surface area contributed by atoms with E-state index in [0.29, 0.717) is 0 Å². The zero-order valence-electron chi connectivity index (χ0n) is 26.9. The second-order valence-corrected chi connectivity index (χ2v) is 13.0. The Labute approximate surface area is 284 Å². The minimum atomic E-state index is 0.919. The number of hydrogen-bond acceptors (Lipinski definition) is 2. The molecule has 0 fully saturated rings. The van der Waals surface area contributed by atoms with Gasteiger partial charge in [-0.3, -0.25) is 0 Å². The highest BCUT2D eigenvalue weighted by Crippen LogP contribution is 2.43. The second kappa shape index (κ2) is 11.2. The molecule has 9 aromatic rings. The van der Waals surface area contributed by atoms with Gasteiger partial charge in [0.25, 0.3) is 0 Å². The largest absolute Gasteiger partial charge is 0.456 e. The number of fused-ring (bicyclic) bond motifs is 9. The van der Waals surface area contributed by atoms with Crippen LogP contribution < -0.4 is 0 Å². The van der Waals surface area contributed by atoms with Crippen LogP contribution >= 0.6 is 0 Å². The lowest BCUT2D eigenvalue weighted by Gasteiger charge is -2.21. The van der Waals surface area contributed by atoms with Gasteiger partial charge in [0.05, 0.1) is 11.4 Å². The number of benzene rings is 7. The molecule has 7 aromatic carbocycles. The average molecular weight is 626 g/mol. The highest BCUT2D eigenvalue weighted by Gasteiger charge is 2.19. The first-order valence-corrected chi connectivity index (χ1v) is 17.0. The van der Waals surface area contributed by atoms with Gasteiger partial charge in [0.2, 0.25) is 0 Å². The molecule has 0 atom stereocenters. The minimum Gasteiger partial charge on any atom is -0.456 e. The van der Waals surface area contributed by atoms with E-state index in [1.54, 1.807) is 0 Å². The van der Waals surface area contributed by atoms with E-state index in [9.17, 15) is 0 Å². The summed E-state index contributed by atoms with van der Waals surface area (Å²) in [7, 11) is 0. The Bertz CT molecular complexity index is 2700. The van der Waals surface area contributed by atoms with Crippen LogP contribution in [0.15, 0.2) is 162 Å². The van der Waals surface area contributed by atoms with Crippen LogP contribution in [0, 0.1) is 0 Å². The fraction of sp³-hybridized carbons (Fsp3) is 0.0426. The number of hydrogen-bond donors (Lipinski definition) is 0. The molecule has 0 aliphatic heterocycles. The first-order chi connectivity index (χ1) is 24.3. The van der Waals surface area contributed by atoms with Crippen molar-refractivity contribution in [2.24, 2.45) is 0 Å². The molecule has 0 radical (unpaired) electrons. The molecular formula is C47H31NO. The average Bonchev–Trinajstić information content (AvgIpc) is 3.56. The molecule has 0 spiro atoms. The smallest absolute Gasteiger partial charge is 0.135 e. The van der Waals surface area contributed by atoms with E-state index in [4.69, 9.17) is 9.40 Å². The summed E-state index contributed by atoms with van der Waals surface area (Å²) in [5.41, 5.74) is 13.6. The molecule has 49 heavy (non-hydrogen) atoms. The van der Waals surface area contributed by atoms with Gasteiger partial charge in [0.15, 0.2) is 0 Å². The molecule has 10 rings (SSSR count). The predicted octanol–water partition coefficient (Wildman–Crippen LogP) is 12.9. The Morgan fingerprint density at radius 3 is 2.00 bits per heavy atom. The standard InChI is InChI=1S/C47H31NO/c1-3-12-30(13-4-1)34-28-43(31-14-5-2-6-15-31)48-44(29-34)33-22-24-40-41(27-33)37-17-8-7-16-36(37)39-20-11-19-35(47(39)40)32-23-25-46-42(26-32)38-18-9-10-21-45(38)49-46/h1-6,8-15,17-29H,7,16H2. The van der Waals surface area contributed by atoms with Crippen LogP contribution in [0.2, 0.25) is 0 Å². The van der Waals surface area contributed by atoms with Crippen molar-refractivity contribution in [2.75, 3.05) is 0 Å². The van der Waals surface area contributed by atoms with Crippen molar-refractivity contribution < 1.29 is 4.42 Å². The van der Waals surface area contributed by atoms with Gasteiger partial charge in [-0.2, -0.15) is 0 Å². The second-order valence-electron chi connectivity index (χ2n) is 13.0. The molecule has 1 aliphatic rings. The molecule has 0 saturated heterocycles. The van der Waals surface area contributed by atoms with Crippen molar-refractivity contribution >= 4 is 49.6 Å². The van der Waals surface area contributed by atoms with Crippen molar-refractivity contribution in [3.05, 3.63) is 169 Å². The maximum atomic E-state index is 6.19. The van der Waals surface area contributed by atoms with Crippen LogP contribution in [0.25, 0.3) is 94.3 Å². The van der Waals surface area contributed by atoms with Crippen LogP contribution in [0.5, 0.6) is 0 Å². The third-order valence-electron chi connectivity index (χ3n) is 10.1. The van der Waals surface area contributed by atoms with Crippen molar-refractivity contribution in [3.8, 4) is 44.8 Å². The maximum Gasteiger partial charge on any atom is 0.135 e. The first-order valence-electron chi connectivity index (χ1n) is 17.0. The van der Waals surface area contributed by atoms with Crippen LogP contribution in [0.3, 0.4) is 0 Å². The Hall–Kier alpha value is -6.25. The summed E-state index contributed by atoms with van der Waals surface area (Å²) in [5.74, 6) is 0. The maximum absolute atomic E-state index is 6.19. The van der Waals surface area contributed by atoms with E-state index in [1.165, 1.54) is 49.4 Å². The third kappa shape index (κ3) is 4.60. The van der Waals surface area contributed by atoms with E-state index in [1.807, 2.05) is 12.1 Å². The Balaban J connectivity index is 1.22. The molecule has 0 N–H and O–H groups in total. The number of aryl methyl sites for hydroxylation is 1. The van der Waals surface area contributed by atoms with E-state index < -0.39 is 0 Å². The predicted molar refractivity (Wildman–Crippen MR) is 206 cm³/mol. The minimum absolute atomic E-state index is 0.919. The van der Waals surface area contributed by atoms with Gasteiger partial charge < -0.3 is 4.42 Å². The number of rotatable bonds is 4. The van der Waals surface area contributed by atoms with Crippen LogP contribution in [-0.4, -0.2) is 4.98 Å². The molecule has 0 unspecified atom stereocenters. The zero-order chi connectivity index (χ0) is 32.3. The van der Waals surface area contributed by atoms with E-state index in [0.717, 1.165) is 62.9 Å². The van der Waals surface area contributed by atoms with Gasteiger partial charge in [-0.25, -0.2) is 4.98 Å².